The summed E-state index contributed by atoms with van der Waals surface area (Å²) >= 11 is 0. The minimum atomic E-state index is -0.746. The van der Waals surface area contributed by atoms with Crippen molar-refractivity contribution < 1.29 is 14.7 Å². The summed E-state index contributed by atoms with van der Waals surface area (Å²) in [6.07, 6.45) is 4.50. The molecule has 0 aliphatic carbocycles. The molecule has 1 saturated heterocycles. The highest BCUT2D eigenvalue weighted by molar-refractivity contribution is 5.86. The van der Waals surface area contributed by atoms with E-state index in [1.807, 2.05) is 6.92 Å². The zero-order valence-corrected chi connectivity index (χ0v) is 13.6. The number of nitrogens with one attached hydrogen (secondary N) is 2. The van der Waals surface area contributed by atoms with Gasteiger partial charge in [-0.2, -0.15) is 0 Å². The van der Waals surface area contributed by atoms with Crippen molar-refractivity contribution >= 4 is 11.9 Å². The van der Waals surface area contributed by atoms with E-state index in [2.05, 4.69) is 24.5 Å². The van der Waals surface area contributed by atoms with Crippen LogP contribution in [0.4, 0.5) is 0 Å². The number of rotatable bonds is 9. The Kier molecular flexibility index (Phi) is 7.15. The number of carboxylic acids is 1. The van der Waals surface area contributed by atoms with Crippen LogP contribution in [0.25, 0.3) is 0 Å². The molecular weight excluding hydrogens is 268 g/mol. The van der Waals surface area contributed by atoms with Gasteiger partial charge in [0.1, 0.15) is 0 Å². The van der Waals surface area contributed by atoms with Gasteiger partial charge in [-0.25, -0.2) is 0 Å². The molecule has 1 rings (SSSR count). The van der Waals surface area contributed by atoms with Gasteiger partial charge in [-0.3, -0.25) is 9.59 Å². The van der Waals surface area contributed by atoms with Gasteiger partial charge in [-0.05, 0) is 50.5 Å². The van der Waals surface area contributed by atoms with E-state index in [-0.39, 0.29) is 17.9 Å². The molecule has 0 bridgehead atoms. The number of carboxylic acid groups (broad SMARTS) is 1. The molecule has 0 spiro atoms. The van der Waals surface area contributed by atoms with Crippen molar-refractivity contribution in [1.29, 1.82) is 0 Å². The quantitative estimate of drug-likeness (QED) is 0.609. The molecule has 0 aromatic rings. The first-order valence-electron chi connectivity index (χ1n) is 8.16. The summed E-state index contributed by atoms with van der Waals surface area (Å²) in [5.74, 6) is 0.134. The van der Waals surface area contributed by atoms with Crippen LogP contribution in [0.15, 0.2) is 0 Å². The van der Waals surface area contributed by atoms with Crippen molar-refractivity contribution in [1.82, 2.24) is 10.6 Å². The molecule has 1 aliphatic rings. The maximum absolute atomic E-state index is 12.3. The monoisotopic (exact) mass is 298 g/mol. The second-order valence-corrected chi connectivity index (χ2v) is 6.45. The molecule has 1 fully saturated rings. The molecule has 21 heavy (non-hydrogen) atoms. The highest BCUT2D eigenvalue weighted by atomic mass is 16.4. The Labute approximate surface area is 127 Å². The molecule has 5 nitrogen and oxygen atoms in total. The van der Waals surface area contributed by atoms with Crippen LogP contribution in [0.3, 0.4) is 0 Å². The number of carbonyl (C=O) groups is 2. The van der Waals surface area contributed by atoms with E-state index in [0.717, 1.165) is 32.2 Å². The Balaban J connectivity index is 2.39. The fraction of sp³-hybridized carbons (Fsp3) is 0.875. The summed E-state index contributed by atoms with van der Waals surface area (Å²) in [6.45, 7) is 7.81. The lowest BCUT2D eigenvalue weighted by atomic mass is 9.88. The normalized spacial score (nSPS) is 23.2. The zero-order chi connectivity index (χ0) is 15.9. The van der Waals surface area contributed by atoms with E-state index in [9.17, 15) is 9.59 Å². The van der Waals surface area contributed by atoms with Crippen LogP contribution in [-0.4, -0.2) is 35.6 Å². The van der Waals surface area contributed by atoms with Gasteiger partial charge >= 0.3 is 5.97 Å². The van der Waals surface area contributed by atoms with Gasteiger partial charge in [0.05, 0.1) is 5.54 Å². The Hall–Kier alpha value is -1.10. The van der Waals surface area contributed by atoms with Crippen LogP contribution in [-0.2, 0) is 9.59 Å². The molecule has 2 atom stereocenters. The van der Waals surface area contributed by atoms with Crippen LogP contribution in [0.1, 0.15) is 59.3 Å². The van der Waals surface area contributed by atoms with Gasteiger partial charge in [0.25, 0.3) is 0 Å². The first-order chi connectivity index (χ1) is 9.91. The third-order valence-electron chi connectivity index (χ3n) is 4.75. The number of carbonyl (C=O) groups excluding carboxylic acids is 1. The van der Waals surface area contributed by atoms with Crippen LogP contribution in [0.5, 0.6) is 0 Å². The Bertz CT molecular complexity index is 349. The molecule has 0 aromatic carbocycles. The van der Waals surface area contributed by atoms with E-state index in [1.165, 1.54) is 0 Å². The average molecular weight is 298 g/mol. The lowest BCUT2D eigenvalue weighted by molar-refractivity contribution is -0.137. The Morgan fingerprint density at radius 1 is 1.33 bits per heavy atom. The highest BCUT2D eigenvalue weighted by Gasteiger charge is 2.38. The van der Waals surface area contributed by atoms with Crippen molar-refractivity contribution in [3.05, 3.63) is 0 Å². The molecule has 0 aromatic heterocycles. The number of amides is 1. The van der Waals surface area contributed by atoms with Crippen LogP contribution in [0, 0.1) is 11.8 Å². The van der Waals surface area contributed by atoms with Crippen molar-refractivity contribution in [3.8, 4) is 0 Å². The fourth-order valence-corrected chi connectivity index (χ4v) is 3.12. The second-order valence-electron chi connectivity index (χ2n) is 6.45. The van der Waals surface area contributed by atoms with Gasteiger partial charge in [-0.1, -0.05) is 20.8 Å². The van der Waals surface area contributed by atoms with Crippen LogP contribution < -0.4 is 10.6 Å². The van der Waals surface area contributed by atoms with Gasteiger partial charge < -0.3 is 15.7 Å². The van der Waals surface area contributed by atoms with E-state index in [1.54, 1.807) is 0 Å². The molecule has 5 heteroatoms. The van der Waals surface area contributed by atoms with Crippen LogP contribution >= 0.6 is 0 Å². The molecule has 1 aliphatic heterocycles. The number of hydrogen-bond donors (Lipinski definition) is 3. The lowest BCUT2D eigenvalue weighted by Crippen LogP contribution is -2.53. The zero-order valence-electron chi connectivity index (χ0n) is 13.6. The van der Waals surface area contributed by atoms with Crippen molar-refractivity contribution in [2.24, 2.45) is 11.8 Å². The van der Waals surface area contributed by atoms with Crippen molar-refractivity contribution in [2.45, 2.75) is 64.8 Å². The molecule has 0 saturated carbocycles. The molecule has 3 N–H and O–H groups in total. The smallest absolute Gasteiger partial charge is 0.303 e. The fourth-order valence-electron chi connectivity index (χ4n) is 3.12. The molecule has 0 radical (unpaired) electrons. The average Bonchev–Trinajstić information content (AvgIpc) is 2.91. The van der Waals surface area contributed by atoms with Gasteiger partial charge in [0, 0.05) is 13.0 Å². The van der Waals surface area contributed by atoms with E-state index < -0.39 is 5.97 Å². The molecule has 122 valence electrons. The van der Waals surface area contributed by atoms with E-state index >= 15 is 0 Å². The van der Waals surface area contributed by atoms with Crippen molar-refractivity contribution in [2.75, 3.05) is 13.1 Å². The molecule has 2 unspecified atom stereocenters. The Morgan fingerprint density at radius 2 is 2.05 bits per heavy atom. The largest absolute Gasteiger partial charge is 0.481 e. The van der Waals surface area contributed by atoms with E-state index in [4.69, 9.17) is 5.11 Å². The van der Waals surface area contributed by atoms with Crippen LogP contribution in [0.2, 0.25) is 0 Å². The maximum atomic E-state index is 12.3. The first-order valence-corrected chi connectivity index (χ1v) is 8.16. The second kappa shape index (κ2) is 8.37. The molecular formula is C16H30N2O3. The minimum absolute atomic E-state index is 0.100. The van der Waals surface area contributed by atoms with Crippen molar-refractivity contribution in [3.63, 3.8) is 0 Å². The molecule has 1 heterocycles. The summed E-state index contributed by atoms with van der Waals surface area (Å²) < 4.78 is 0. The van der Waals surface area contributed by atoms with Gasteiger partial charge in [0.2, 0.25) is 5.91 Å². The summed E-state index contributed by atoms with van der Waals surface area (Å²) in [6, 6.07) is 0. The minimum Gasteiger partial charge on any atom is -0.481 e. The maximum Gasteiger partial charge on any atom is 0.303 e. The van der Waals surface area contributed by atoms with Gasteiger partial charge in [-0.15, -0.1) is 0 Å². The summed E-state index contributed by atoms with van der Waals surface area (Å²) in [5.41, 5.74) is -0.381. The standard InChI is InChI=1S/C16H30N2O3/c1-4-16(9-5-10-18-16)15(21)17-11-8-13(12(2)3)6-7-14(19)20/h12-13,18H,4-11H2,1-3H3,(H,17,21)(H,19,20). The number of aliphatic carboxylic acids is 1. The van der Waals surface area contributed by atoms with Gasteiger partial charge in [0.15, 0.2) is 0 Å². The summed E-state index contributed by atoms with van der Waals surface area (Å²) in [4.78, 5) is 23.0. The first kappa shape index (κ1) is 18.0. The Morgan fingerprint density at radius 3 is 2.52 bits per heavy atom. The van der Waals surface area contributed by atoms with E-state index in [0.29, 0.717) is 24.8 Å². The SMILES string of the molecule is CCC1(C(=O)NCCC(CCC(=O)O)C(C)C)CCCN1. The lowest BCUT2D eigenvalue weighted by Gasteiger charge is -2.27. The predicted octanol–water partition coefficient (Wildman–Crippen LogP) is 2.16. The summed E-state index contributed by atoms with van der Waals surface area (Å²) in [7, 11) is 0. The summed E-state index contributed by atoms with van der Waals surface area (Å²) in [5, 5.41) is 15.2. The molecule has 1 amide bonds. The third kappa shape index (κ3) is 5.30. The highest BCUT2D eigenvalue weighted by Crippen LogP contribution is 2.24. The third-order valence-corrected chi connectivity index (χ3v) is 4.75. The topological polar surface area (TPSA) is 78.4 Å². The number of hydrogen-bond acceptors (Lipinski definition) is 3. The predicted molar refractivity (Wildman–Crippen MR) is 83.1 cm³/mol.